The van der Waals surface area contributed by atoms with Gasteiger partial charge in [0, 0.05) is 19.3 Å². The molecule has 0 aromatic carbocycles. The Morgan fingerprint density at radius 2 is 2.38 bits per heavy atom. The first-order chi connectivity index (χ1) is 7.55. The molecule has 16 heavy (non-hydrogen) atoms. The van der Waals surface area contributed by atoms with Crippen LogP contribution in [0.4, 0.5) is 5.82 Å². The van der Waals surface area contributed by atoms with Crippen molar-refractivity contribution in [2.45, 2.75) is 24.8 Å². The summed E-state index contributed by atoms with van der Waals surface area (Å²) in [5.41, 5.74) is 5.58. The minimum atomic E-state index is -3.66. The smallest absolute Gasteiger partial charge is 0.270 e. The van der Waals surface area contributed by atoms with Gasteiger partial charge in [0.05, 0.1) is 6.61 Å². The number of aromatic nitrogens is 2. The fraction of sp³-hybridized carbons (Fsp3) is 0.625. The summed E-state index contributed by atoms with van der Waals surface area (Å²) in [6.45, 7) is 3.20. The Morgan fingerprint density at radius 1 is 1.62 bits per heavy atom. The van der Waals surface area contributed by atoms with Crippen LogP contribution in [0.15, 0.2) is 11.1 Å². The normalized spacial score (nSPS) is 18.1. The number of aryl methyl sites for hydroxylation is 1. The second kappa shape index (κ2) is 4.04. The van der Waals surface area contributed by atoms with Gasteiger partial charge < -0.3 is 5.73 Å². The van der Waals surface area contributed by atoms with Crippen molar-refractivity contribution in [1.29, 1.82) is 0 Å². The molecule has 0 unspecified atom stereocenters. The number of hydroxylamine groups is 1. The molecule has 0 radical (unpaired) electrons. The second-order valence-corrected chi connectivity index (χ2v) is 5.25. The van der Waals surface area contributed by atoms with E-state index in [1.165, 1.54) is 10.9 Å². The SMILES string of the molecule is CCn1cc(S(=O)(=O)N2CCCO2)c(N)n1. The molecule has 0 bridgehead atoms. The maximum atomic E-state index is 12.1. The summed E-state index contributed by atoms with van der Waals surface area (Å²) < 4.78 is 26.6. The van der Waals surface area contributed by atoms with E-state index in [9.17, 15) is 8.42 Å². The van der Waals surface area contributed by atoms with Gasteiger partial charge in [-0.25, -0.2) is 8.42 Å². The summed E-state index contributed by atoms with van der Waals surface area (Å²) in [5, 5.41) is 3.90. The van der Waals surface area contributed by atoms with E-state index >= 15 is 0 Å². The topological polar surface area (TPSA) is 90.5 Å². The molecule has 2 N–H and O–H groups in total. The van der Waals surface area contributed by atoms with Crippen molar-refractivity contribution in [2.75, 3.05) is 18.9 Å². The van der Waals surface area contributed by atoms with E-state index in [4.69, 9.17) is 10.6 Å². The molecule has 8 heteroatoms. The molecule has 0 saturated carbocycles. The van der Waals surface area contributed by atoms with Gasteiger partial charge in [-0.1, -0.05) is 4.47 Å². The van der Waals surface area contributed by atoms with Gasteiger partial charge in [-0.05, 0) is 13.3 Å². The van der Waals surface area contributed by atoms with Crippen LogP contribution in [0.2, 0.25) is 0 Å². The molecular weight excluding hydrogens is 232 g/mol. The lowest BCUT2D eigenvalue weighted by atomic mass is 10.5. The third kappa shape index (κ3) is 1.79. The number of nitrogens with zero attached hydrogens (tertiary/aromatic N) is 3. The molecule has 0 aliphatic carbocycles. The molecule has 0 amide bonds. The molecule has 1 aromatic rings. The third-order valence-corrected chi connectivity index (χ3v) is 4.04. The van der Waals surface area contributed by atoms with Crippen molar-refractivity contribution in [3.63, 3.8) is 0 Å². The van der Waals surface area contributed by atoms with Gasteiger partial charge in [0.15, 0.2) is 5.82 Å². The van der Waals surface area contributed by atoms with Crippen LogP contribution < -0.4 is 5.73 Å². The first-order valence-corrected chi connectivity index (χ1v) is 6.48. The van der Waals surface area contributed by atoms with Crippen LogP contribution in [-0.4, -0.2) is 35.8 Å². The van der Waals surface area contributed by atoms with Crippen molar-refractivity contribution >= 4 is 15.8 Å². The highest BCUT2D eigenvalue weighted by atomic mass is 32.2. The Morgan fingerprint density at radius 3 is 2.88 bits per heavy atom. The summed E-state index contributed by atoms with van der Waals surface area (Å²) in [5.74, 6) is 0.0114. The van der Waals surface area contributed by atoms with Crippen LogP contribution in [0.1, 0.15) is 13.3 Å². The average molecular weight is 246 g/mol. The number of hydrogen-bond acceptors (Lipinski definition) is 5. The molecule has 2 rings (SSSR count). The number of rotatable bonds is 3. The highest BCUT2D eigenvalue weighted by Crippen LogP contribution is 2.23. The van der Waals surface area contributed by atoms with Gasteiger partial charge >= 0.3 is 0 Å². The summed E-state index contributed by atoms with van der Waals surface area (Å²) in [4.78, 5) is 5.03. The van der Waals surface area contributed by atoms with E-state index in [0.717, 1.165) is 4.47 Å². The fourth-order valence-corrected chi connectivity index (χ4v) is 2.86. The molecule has 1 saturated heterocycles. The highest BCUT2D eigenvalue weighted by molar-refractivity contribution is 7.89. The van der Waals surface area contributed by atoms with Gasteiger partial charge in [-0.15, -0.1) is 0 Å². The summed E-state index contributed by atoms with van der Waals surface area (Å²) in [6, 6.07) is 0. The Bertz CT molecular complexity index is 475. The first-order valence-electron chi connectivity index (χ1n) is 5.04. The molecule has 0 spiro atoms. The van der Waals surface area contributed by atoms with Crippen molar-refractivity contribution in [1.82, 2.24) is 14.2 Å². The Labute approximate surface area is 93.8 Å². The molecule has 90 valence electrons. The lowest BCUT2D eigenvalue weighted by molar-refractivity contribution is -0.0284. The van der Waals surface area contributed by atoms with Crippen LogP contribution in [0.5, 0.6) is 0 Å². The van der Waals surface area contributed by atoms with Crippen molar-refractivity contribution < 1.29 is 13.3 Å². The predicted octanol–water partition coefficient (Wildman–Crippen LogP) is -0.189. The summed E-state index contributed by atoms with van der Waals surface area (Å²) >= 11 is 0. The Balaban J connectivity index is 2.38. The third-order valence-electron chi connectivity index (χ3n) is 2.35. The predicted molar refractivity (Wildman–Crippen MR) is 56.8 cm³/mol. The van der Waals surface area contributed by atoms with Crippen molar-refractivity contribution in [3.05, 3.63) is 6.20 Å². The zero-order chi connectivity index (χ0) is 11.8. The zero-order valence-electron chi connectivity index (χ0n) is 8.96. The Kier molecular flexibility index (Phi) is 2.87. The molecule has 0 atom stereocenters. The largest absolute Gasteiger partial charge is 0.381 e. The van der Waals surface area contributed by atoms with E-state index in [1.807, 2.05) is 6.92 Å². The van der Waals surface area contributed by atoms with Gasteiger partial charge in [-0.2, -0.15) is 5.10 Å². The van der Waals surface area contributed by atoms with Gasteiger partial charge in [0.25, 0.3) is 10.0 Å². The van der Waals surface area contributed by atoms with Crippen LogP contribution in [0.25, 0.3) is 0 Å². The number of anilines is 1. The monoisotopic (exact) mass is 246 g/mol. The number of sulfonamides is 1. The maximum Gasteiger partial charge on any atom is 0.270 e. The molecule has 1 aliphatic rings. The number of nitrogens with two attached hydrogens (primary N) is 1. The van der Waals surface area contributed by atoms with E-state index in [0.29, 0.717) is 26.1 Å². The molecular formula is C8H14N4O3S. The van der Waals surface area contributed by atoms with E-state index in [2.05, 4.69) is 5.10 Å². The second-order valence-electron chi connectivity index (χ2n) is 3.45. The molecule has 1 fully saturated rings. The van der Waals surface area contributed by atoms with E-state index in [-0.39, 0.29) is 10.7 Å². The van der Waals surface area contributed by atoms with Crippen LogP contribution in [0, 0.1) is 0 Å². The van der Waals surface area contributed by atoms with Gasteiger partial charge in [0.1, 0.15) is 4.90 Å². The lowest BCUT2D eigenvalue weighted by Gasteiger charge is -2.12. The first kappa shape index (κ1) is 11.4. The van der Waals surface area contributed by atoms with Crippen molar-refractivity contribution in [2.24, 2.45) is 0 Å². The molecule has 1 aromatic heterocycles. The standard InChI is InChI=1S/C8H14N4O3S/c1-2-11-6-7(8(9)10-11)16(13,14)12-4-3-5-15-12/h6H,2-5H2,1H3,(H2,9,10). The van der Waals surface area contributed by atoms with E-state index < -0.39 is 10.0 Å². The number of hydrogen-bond donors (Lipinski definition) is 1. The van der Waals surface area contributed by atoms with E-state index in [1.54, 1.807) is 0 Å². The zero-order valence-corrected chi connectivity index (χ0v) is 9.77. The fourth-order valence-electron chi connectivity index (χ4n) is 1.50. The minimum absolute atomic E-state index is 0.0104. The highest BCUT2D eigenvalue weighted by Gasteiger charge is 2.32. The maximum absolute atomic E-state index is 12.1. The number of nitrogen functional groups attached to an aromatic ring is 1. The van der Waals surface area contributed by atoms with Crippen LogP contribution in [-0.2, 0) is 21.4 Å². The summed E-state index contributed by atoms with van der Waals surface area (Å²) in [6.07, 6.45) is 2.12. The molecule has 2 heterocycles. The minimum Gasteiger partial charge on any atom is -0.381 e. The average Bonchev–Trinajstić information content (AvgIpc) is 2.85. The van der Waals surface area contributed by atoms with Crippen LogP contribution in [0.3, 0.4) is 0 Å². The molecule has 7 nitrogen and oxygen atoms in total. The van der Waals surface area contributed by atoms with Crippen LogP contribution >= 0.6 is 0 Å². The van der Waals surface area contributed by atoms with Gasteiger partial charge in [0.2, 0.25) is 0 Å². The van der Waals surface area contributed by atoms with Crippen molar-refractivity contribution in [3.8, 4) is 0 Å². The van der Waals surface area contributed by atoms with Gasteiger partial charge in [-0.3, -0.25) is 9.52 Å². The lowest BCUT2D eigenvalue weighted by Crippen LogP contribution is -2.27. The Hall–Kier alpha value is -1.12. The summed E-state index contributed by atoms with van der Waals surface area (Å²) in [7, 11) is -3.66. The quantitative estimate of drug-likeness (QED) is 0.798. The molecule has 1 aliphatic heterocycles.